The molecule has 2 fully saturated rings. The van der Waals surface area contributed by atoms with E-state index >= 15 is 0 Å². The lowest BCUT2D eigenvalue weighted by atomic mass is 9.61. The van der Waals surface area contributed by atoms with E-state index in [0.29, 0.717) is 11.5 Å². The van der Waals surface area contributed by atoms with Gasteiger partial charge in [-0.05, 0) is 44.2 Å². The molecule has 0 aromatic carbocycles. The van der Waals surface area contributed by atoms with Gasteiger partial charge in [-0.2, -0.15) is 0 Å². The fraction of sp³-hybridized carbons (Fsp3) is 1.00. The van der Waals surface area contributed by atoms with Crippen molar-refractivity contribution in [2.24, 2.45) is 5.41 Å². The molecular formula is C11H22ClNO2. The maximum Gasteiger partial charge on any atom is 0.0704 e. The van der Waals surface area contributed by atoms with Gasteiger partial charge in [-0.1, -0.05) is 0 Å². The van der Waals surface area contributed by atoms with Gasteiger partial charge < -0.3 is 14.8 Å². The van der Waals surface area contributed by atoms with Gasteiger partial charge in [-0.3, -0.25) is 0 Å². The van der Waals surface area contributed by atoms with Crippen LogP contribution in [-0.4, -0.2) is 39.5 Å². The zero-order chi connectivity index (χ0) is 9.86. The van der Waals surface area contributed by atoms with Gasteiger partial charge in [0.2, 0.25) is 0 Å². The molecular weight excluding hydrogens is 214 g/mol. The van der Waals surface area contributed by atoms with Crippen LogP contribution in [0.1, 0.15) is 25.7 Å². The molecule has 1 spiro atoms. The number of hydrogen-bond acceptors (Lipinski definition) is 3. The Bertz CT molecular complexity index is 183. The second-order valence-corrected chi connectivity index (χ2v) is 4.50. The zero-order valence-corrected chi connectivity index (χ0v) is 10.3. The molecule has 1 saturated heterocycles. The summed E-state index contributed by atoms with van der Waals surface area (Å²) in [5, 5.41) is 3.42. The van der Waals surface area contributed by atoms with Gasteiger partial charge in [0.15, 0.2) is 0 Å². The van der Waals surface area contributed by atoms with Crippen LogP contribution in [0.4, 0.5) is 0 Å². The zero-order valence-electron chi connectivity index (χ0n) is 9.46. The number of ether oxygens (including phenoxy) is 2. The lowest BCUT2D eigenvalue weighted by Crippen LogP contribution is -2.52. The third kappa shape index (κ3) is 2.84. The Kier molecular flexibility index (Phi) is 5.33. The Hall–Kier alpha value is 0.170. The van der Waals surface area contributed by atoms with Crippen LogP contribution in [0.25, 0.3) is 0 Å². The summed E-state index contributed by atoms with van der Waals surface area (Å²) in [6, 6.07) is 0. The Morgan fingerprint density at radius 1 is 1.20 bits per heavy atom. The molecule has 1 aliphatic carbocycles. The van der Waals surface area contributed by atoms with E-state index in [9.17, 15) is 0 Å². The molecule has 0 amide bonds. The van der Waals surface area contributed by atoms with Crippen molar-refractivity contribution in [1.29, 1.82) is 0 Å². The first kappa shape index (κ1) is 13.2. The van der Waals surface area contributed by atoms with Crippen molar-refractivity contribution in [2.45, 2.75) is 31.8 Å². The molecule has 0 aromatic heterocycles. The smallest absolute Gasteiger partial charge is 0.0704 e. The minimum absolute atomic E-state index is 0. The van der Waals surface area contributed by atoms with E-state index in [1.165, 1.54) is 38.8 Å². The third-order valence-corrected chi connectivity index (χ3v) is 3.79. The summed E-state index contributed by atoms with van der Waals surface area (Å²) in [6.07, 6.45) is 5.73. The maximum atomic E-state index is 5.86. The predicted molar refractivity (Wildman–Crippen MR) is 62.6 cm³/mol. The third-order valence-electron chi connectivity index (χ3n) is 3.79. The van der Waals surface area contributed by atoms with E-state index in [1.807, 2.05) is 0 Å². The minimum atomic E-state index is 0. The van der Waals surface area contributed by atoms with Crippen molar-refractivity contribution in [3.63, 3.8) is 0 Å². The highest BCUT2D eigenvalue weighted by Gasteiger charge is 2.47. The molecule has 1 unspecified atom stereocenters. The van der Waals surface area contributed by atoms with Crippen LogP contribution in [0.15, 0.2) is 0 Å². The first-order chi connectivity index (χ1) is 6.87. The van der Waals surface area contributed by atoms with Gasteiger partial charge in [0.05, 0.1) is 19.3 Å². The fourth-order valence-corrected chi connectivity index (χ4v) is 2.70. The molecule has 2 rings (SSSR count). The molecule has 0 radical (unpaired) electrons. The summed E-state index contributed by atoms with van der Waals surface area (Å²) in [6.45, 7) is 3.83. The molecule has 15 heavy (non-hydrogen) atoms. The van der Waals surface area contributed by atoms with Crippen molar-refractivity contribution in [1.82, 2.24) is 5.32 Å². The monoisotopic (exact) mass is 235 g/mol. The van der Waals surface area contributed by atoms with Crippen LogP contribution in [0.2, 0.25) is 0 Å². The van der Waals surface area contributed by atoms with Crippen LogP contribution in [-0.2, 0) is 9.47 Å². The molecule has 1 atom stereocenters. The van der Waals surface area contributed by atoms with Gasteiger partial charge in [-0.15, -0.1) is 12.4 Å². The number of hydrogen-bond donors (Lipinski definition) is 1. The number of nitrogens with one attached hydrogen (secondary N) is 1. The molecule has 4 heteroatoms. The summed E-state index contributed by atoms with van der Waals surface area (Å²) >= 11 is 0. The van der Waals surface area contributed by atoms with Crippen LogP contribution >= 0.6 is 12.4 Å². The van der Waals surface area contributed by atoms with Gasteiger partial charge >= 0.3 is 0 Å². The molecule has 3 nitrogen and oxygen atoms in total. The highest BCUT2D eigenvalue weighted by Crippen LogP contribution is 2.49. The topological polar surface area (TPSA) is 30.5 Å². The van der Waals surface area contributed by atoms with Crippen LogP contribution < -0.4 is 5.32 Å². The summed E-state index contributed by atoms with van der Waals surface area (Å²) in [4.78, 5) is 0. The van der Waals surface area contributed by atoms with Gasteiger partial charge in [0.1, 0.15) is 0 Å². The normalized spacial score (nSPS) is 28.2. The summed E-state index contributed by atoms with van der Waals surface area (Å²) < 4.78 is 10.9. The SMILES string of the molecule is COCCOC1CCC12CCNCC2.Cl. The minimum Gasteiger partial charge on any atom is -0.382 e. The van der Waals surface area contributed by atoms with Gasteiger partial charge in [-0.25, -0.2) is 0 Å². The Labute approximate surface area is 98.3 Å². The molecule has 0 aromatic rings. The predicted octanol–water partition coefficient (Wildman–Crippen LogP) is 1.60. The van der Waals surface area contributed by atoms with Crippen molar-refractivity contribution in [3.05, 3.63) is 0 Å². The molecule has 1 N–H and O–H groups in total. The van der Waals surface area contributed by atoms with E-state index in [0.717, 1.165) is 13.2 Å². The highest BCUT2D eigenvalue weighted by atomic mass is 35.5. The molecule has 90 valence electrons. The largest absolute Gasteiger partial charge is 0.382 e. The van der Waals surface area contributed by atoms with E-state index in [2.05, 4.69) is 5.32 Å². The van der Waals surface area contributed by atoms with Crippen molar-refractivity contribution in [3.8, 4) is 0 Å². The van der Waals surface area contributed by atoms with Crippen molar-refractivity contribution in [2.75, 3.05) is 33.4 Å². The Morgan fingerprint density at radius 3 is 2.47 bits per heavy atom. The first-order valence-corrected chi connectivity index (χ1v) is 5.69. The first-order valence-electron chi connectivity index (χ1n) is 5.69. The number of rotatable bonds is 4. The molecule has 1 heterocycles. The van der Waals surface area contributed by atoms with E-state index in [-0.39, 0.29) is 12.4 Å². The van der Waals surface area contributed by atoms with E-state index in [4.69, 9.17) is 9.47 Å². The van der Waals surface area contributed by atoms with Crippen molar-refractivity contribution >= 4 is 12.4 Å². The lowest BCUT2D eigenvalue weighted by Gasteiger charge is -2.51. The van der Waals surface area contributed by atoms with E-state index < -0.39 is 0 Å². The number of piperidine rings is 1. The van der Waals surface area contributed by atoms with Crippen LogP contribution in [0, 0.1) is 5.41 Å². The summed E-state index contributed by atoms with van der Waals surface area (Å²) in [7, 11) is 1.73. The standard InChI is InChI=1S/C11H21NO2.ClH/c1-13-8-9-14-10-2-3-11(10)4-6-12-7-5-11;/h10,12H,2-9H2,1H3;1H. The summed E-state index contributed by atoms with van der Waals surface area (Å²) in [5.74, 6) is 0. The molecule has 1 saturated carbocycles. The Balaban J connectivity index is 0.00000112. The number of halogens is 1. The average molecular weight is 236 g/mol. The lowest BCUT2D eigenvalue weighted by molar-refractivity contribution is -0.132. The van der Waals surface area contributed by atoms with Crippen LogP contribution in [0.5, 0.6) is 0 Å². The average Bonchev–Trinajstić information content (AvgIpc) is 2.24. The molecule has 0 bridgehead atoms. The van der Waals surface area contributed by atoms with Gasteiger partial charge in [0.25, 0.3) is 0 Å². The van der Waals surface area contributed by atoms with Gasteiger partial charge in [0, 0.05) is 7.11 Å². The second kappa shape index (κ2) is 6.04. The number of methoxy groups -OCH3 is 1. The highest BCUT2D eigenvalue weighted by molar-refractivity contribution is 5.85. The second-order valence-electron chi connectivity index (χ2n) is 4.50. The molecule has 2 aliphatic rings. The van der Waals surface area contributed by atoms with Crippen LogP contribution in [0.3, 0.4) is 0 Å². The van der Waals surface area contributed by atoms with Crippen molar-refractivity contribution < 1.29 is 9.47 Å². The maximum absolute atomic E-state index is 5.86. The molecule has 1 aliphatic heterocycles. The summed E-state index contributed by atoms with van der Waals surface area (Å²) in [5.41, 5.74) is 0.527. The fourth-order valence-electron chi connectivity index (χ4n) is 2.70. The Morgan fingerprint density at radius 2 is 1.93 bits per heavy atom. The van der Waals surface area contributed by atoms with E-state index in [1.54, 1.807) is 7.11 Å². The quantitative estimate of drug-likeness (QED) is 0.751.